The zero-order valence-electron chi connectivity index (χ0n) is 12.0. The fraction of sp³-hybridized carbons (Fsp3) is 0.235. The van der Waals surface area contributed by atoms with E-state index in [4.69, 9.17) is 5.73 Å². The second-order valence-corrected chi connectivity index (χ2v) is 6.26. The third-order valence-corrected chi connectivity index (χ3v) is 4.43. The molecule has 2 heterocycles. The quantitative estimate of drug-likeness (QED) is 0.748. The van der Waals surface area contributed by atoms with Gasteiger partial charge in [0.05, 0.1) is 5.03 Å². The van der Waals surface area contributed by atoms with Gasteiger partial charge >= 0.3 is 0 Å². The Bertz CT molecular complexity index is 685. The second kappa shape index (κ2) is 6.33. The summed E-state index contributed by atoms with van der Waals surface area (Å²) in [5, 5.41) is 3.34. The van der Waals surface area contributed by atoms with Crippen molar-refractivity contribution in [1.82, 2.24) is 9.97 Å². The van der Waals surface area contributed by atoms with Crippen molar-refractivity contribution in [3.05, 3.63) is 54.2 Å². The van der Waals surface area contributed by atoms with Crippen LogP contribution < -0.4 is 5.73 Å². The van der Waals surface area contributed by atoms with Crippen molar-refractivity contribution in [1.29, 1.82) is 0 Å². The predicted octanol–water partition coefficient (Wildman–Crippen LogP) is 3.99. The van der Waals surface area contributed by atoms with Crippen molar-refractivity contribution in [3.8, 4) is 0 Å². The van der Waals surface area contributed by atoms with E-state index in [0.29, 0.717) is 0 Å². The van der Waals surface area contributed by atoms with E-state index in [9.17, 15) is 0 Å². The van der Waals surface area contributed by atoms with Gasteiger partial charge in [0.2, 0.25) is 0 Å². The summed E-state index contributed by atoms with van der Waals surface area (Å²) in [6.45, 7) is 2.11. The standard InChI is InChI=1S/C17H19N3S/c1-2-14(18)9-12-7-8-16(19-11-12)21-17-10-13-5-3-4-6-15(13)20-17/h3-8,10-11,14,20H,2,9,18H2,1H3. The van der Waals surface area contributed by atoms with Crippen molar-refractivity contribution in [3.63, 3.8) is 0 Å². The first-order valence-corrected chi connectivity index (χ1v) is 8.02. The van der Waals surface area contributed by atoms with Crippen LogP contribution in [0.3, 0.4) is 0 Å². The molecule has 2 aromatic heterocycles. The number of benzene rings is 1. The lowest BCUT2D eigenvalue weighted by Crippen LogP contribution is -2.21. The molecule has 4 heteroatoms. The van der Waals surface area contributed by atoms with Gasteiger partial charge in [0.1, 0.15) is 5.03 Å². The maximum Gasteiger partial charge on any atom is 0.102 e. The first-order chi connectivity index (χ1) is 10.2. The molecule has 3 nitrogen and oxygen atoms in total. The molecule has 0 spiro atoms. The lowest BCUT2D eigenvalue weighted by Gasteiger charge is -2.08. The molecule has 108 valence electrons. The summed E-state index contributed by atoms with van der Waals surface area (Å²) in [5.74, 6) is 0. The van der Waals surface area contributed by atoms with Gasteiger partial charge < -0.3 is 10.7 Å². The highest BCUT2D eigenvalue weighted by Crippen LogP contribution is 2.28. The van der Waals surface area contributed by atoms with Gasteiger partial charge in [-0.05, 0) is 36.6 Å². The van der Waals surface area contributed by atoms with Gasteiger partial charge in [-0.3, -0.25) is 0 Å². The first-order valence-electron chi connectivity index (χ1n) is 7.20. The molecule has 0 aliphatic carbocycles. The molecule has 0 bridgehead atoms. The maximum atomic E-state index is 5.97. The third-order valence-electron chi connectivity index (χ3n) is 3.54. The normalized spacial score (nSPS) is 12.7. The van der Waals surface area contributed by atoms with Gasteiger partial charge in [0.25, 0.3) is 0 Å². The van der Waals surface area contributed by atoms with E-state index < -0.39 is 0 Å². The average molecular weight is 297 g/mol. The predicted molar refractivity (Wildman–Crippen MR) is 88.6 cm³/mol. The highest BCUT2D eigenvalue weighted by molar-refractivity contribution is 7.99. The zero-order valence-corrected chi connectivity index (χ0v) is 12.9. The van der Waals surface area contributed by atoms with Gasteiger partial charge in [-0.2, -0.15) is 0 Å². The molecular weight excluding hydrogens is 278 g/mol. The summed E-state index contributed by atoms with van der Waals surface area (Å²) >= 11 is 1.65. The van der Waals surface area contributed by atoms with Crippen LogP contribution in [-0.4, -0.2) is 16.0 Å². The monoisotopic (exact) mass is 297 g/mol. The van der Waals surface area contributed by atoms with Crippen LogP contribution in [0.25, 0.3) is 10.9 Å². The number of hydrogen-bond acceptors (Lipinski definition) is 3. The molecule has 1 atom stereocenters. The Morgan fingerprint density at radius 2 is 2.10 bits per heavy atom. The molecule has 3 aromatic rings. The second-order valence-electron chi connectivity index (χ2n) is 5.20. The molecule has 1 unspecified atom stereocenters. The van der Waals surface area contributed by atoms with Crippen LogP contribution >= 0.6 is 11.8 Å². The SMILES string of the molecule is CCC(N)Cc1ccc(Sc2cc3ccccc3[nH]2)nc1. The van der Waals surface area contributed by atoms with Gasteiger partial charge in [0, 0.05) is 23.1 Å². The molecule has 0 fully saturated rings. The van der Waals surface area contributed by atoms with E-state index in [0.717, 1.165) is 28.4 Å². The maximum absolute atomic E-state index is 5.97. The largest absolute Gasteiger partial charge is 0.349 e. The van der Waals surface area contributed by atoms with E-state index in [1.165, 1.54) is 10.9 Å². The number of rotatable bonds is 5. The van der Waals surface area contributed by atoms with E-state index in [1.54, 1.807) is 11.8 Å². The van der Waals surface area contributed by atoms with Crippen LogP contribution in [0.2, 0.25) is 0 Å². The fourth-order valence-electron chi connectivity index (χ4n) is 2.25. The van der Waals surface area contributed by atoms with Gasteiger partial charge in [-0.1, -0.05) is 43.0 Å². The highest BCUT2D eigenvalue weighted by atomic mass is 32.2. The Kier molecular flexibility index (Phi) is 4.27. The van der Waals surface area contributed by atoms with Crippen LogP contribution in [0.5, 0.6) is 0 Å². The van der Waals surface area contributed by atoms with Crippen LogP contribution in [0.15, 0.2) is 58.7 Å². The molecule has 3 rings (SSSR count). The van der Waals surface area contributed by atoms with Crippen LogP contribution in [0.1, 0.15) is 18.9 Å². The molecular formula is C17H19N3S. The van der Waals surface area contributed by atoms with E-state index in [2.05, 4.69) is 53.3 Å². The Balaban J connectivity index is 1.72. The topological polar surface area (TPSA) is 54.7 Å². The Morgan fingerprint density at radius 1 is 1.24 bits per heavy atom. The van der Waals surface area contributed by atoms with E-state index in [1.807, 2.05) is 12.3 Å². The lowest BCUT2D eigenvalue weighted by molar-refractivity contribution is 0.644. The summed E-state index contributed by atoms with van der Waals surface area (Å²) in [4.78, 5) is 7.92. The number of aromatic amines is 1. The summed E-state index contributed by atoms with van der Waals surface area (Å²) in [5.41, 5.74) is 8.33. The summed E-state index contributed by atoms with van der Waals surface area (Å²) in [6, 6.07) is 14.8. The van der Waals surface area contributed by atoms with Crippen molar-refractivity contribution < 1.29 is 0 Å². The van der Waals surface area contributed by atoms with Crippen LogP contribution in [0.4, 0.5) is 0 Å². The van der Waals surface area contributed by atoms with Crippen molar-refractivity contribution in [2.24, 2.45) is 5.73 Å². The molecule has 0 aliphatic heterocycles. The smallest absolute Gasteiger partial charge is 0.102 e. The van der Waals surface area contributed by atoms with Crippen molar-refractivity contribution in [2.45, 2.75) is 35.9 Å². The number of hydrogen-bond donors (Lipinski definition) is 2. The number of para-hydroxylation sites is 1. The molecule has 0 radical (unpaired) electrons. The minimum atomic E-state index is 0.221. The summed E-state index contributed by atoms with van der Waals surface area (Å²) in [7, 11) is 0. The lowest BCUT2D eigenvalue weighted by atomic mass is 10.1. The van der Waals surface area contributed by atoms with Gasteiger partial charge in [-0.25, -0.2) is 4.98 Å². The highest BCUT2D eigenvalue weighted by Gasteiger charge is 2.05. The molecule has 0 amide bonds. The van der Waals surface area contributed by atoms with Crippen LogP contribution in [-0.2, 0) is 6.42 Å². The molecule has 0 saturated heterocycles. The molecule has 21 heavy (non-hydrogen) atoms. The third kappa shape index (κ3) is 3.46. The molecule has 1 aromatic carbocycles. The fourth-order valence-corrected chi connectivity index (χ4v) is 3.07. The van der Waals surface area contributed by atoms with Gasteiger partial charge in [0.15, 0.2) is 0 Å². The van der Waals surface area contributed by atoms with E-state index in [-0.39, 0.29) is 6.04 Å². The summed E-state index contributed by atoms with van der Waals surface area (Å²) < 4.78 is 0. The number of nitrogens with zero attached hydrogens (tertiary/aromatic N) is 1. The number of pyridine rings is 1. The summed E-state index contributed by atoms with van der Waals surface area (Å²) in [6.07, 6.45) is 3.81. The average Bonchev–Trinajstić information content (AvgIpc) is 2.91. The molecule has 3 N–H and O–H groups in total. The molecule has 0 aliphatic rings. The Labute approximate surface area is 129 Å². The Hall–Kier alpha value is -1.78. The minimum absolute atomic E-state index is 0.221. The number of aromatic nitrogens is 2. The van der Waals surface area contributed by atoms with Crippen LogP contribution in [0, 0.1) is 0 Å². The first kappa shape index (κ1) is 14.2. The van der Waals surface area contributed by atoms with Crippen molar-refractivity contribution >= 4 is 22.7 Å². The van der Waals surface area contributed by atoms with Gasteiger partial charge in [-0.15, -0.1) is 0 Å². The number of nitrogens with one attached hydrogen (secondary N) is 1. The molecule has 0 saturated carbocycles. The minimum Gasteiger partial charge on any atom is -0.349 e. The zero-order chi connectivity index (χ0) is 14.7. The number of nitrogens with two attached hydrogens (primary N) is 1. The number of fused-ring (bicyclic) bond motifs is 1. The number of H-pyrrole nitrogens is 1. The van der Waals surface area contributed by atoms with Crippen molar-refractivity contribution in [2.75, 3.05) is 0 Å². The van der Waals surface area contributed by atoms with E-state index >= 15 is 0 Å². The Morgan fingerprint density at radius 3 is 2.81 bits per heavy atom.